The van der Waals surface area contributed by atoms with Gasteiger partial charge < -0.3 is 10.1 Å². The molecule has 1 saturated heterocycles. The van der Waals surface area contributed by atoms with Crippen molar-refractivity contribution in [3.63, 3.8) is 0 Å². The zero-order valence-electron chi connectivity index (χ0n) is 14.2. The zero-order valence-corrected chi connectivity index (χ0v) is 16.5. The smallest absolute Gasteiger partial charge is 0.260 e. The number of carbonyl (C=O) groups excluding carboxylic acids is 1. The van der Waals surface area contributed by atoms with E-state index in [2.05, 4.69) is 5.32 Å². The van der Waals surface area contributed by atoms with E-state index in [1.54, 1.807) is 25.1 Å². The summed E-state index contributed by atoms with van der Waals surface area (Å²) >= 11 is 11.8. The molecule has 0 radical (unpaired) electrons. The number of piperidine rings is 1. The first-order valence-corrected chi connectivity index (χ1v) is 10.6. The SMILES string of the molecule is CC(Oc1ccc(Cl)c(Cl)c1)C(=O)NCC1CCN(S(C)(=O)=O)CC1. The van der Waals surface area contributed by atoms with E-state index in [-0.39, 0.29) is 11.8 Å². The summed E-state index contributed by atoms with van der Waals surface area (Å²) < 4.78 is 30.0. The van der Waals surface area contributed by atoms with E-state index in [1.807, 2.05) is 0 Å². The Morgan fingerprint density at radius 2 is 1.96 bits per heavy atom. The molecule has 0 bridgehead atoms. The Hall–Kier alpha value is -1.02. The maximum Gasteiger partial charge on any atom is 0.260 e. The standard InChI is InChI=1S/C16H22Cl2N2O4S/c1-11(24-13-3-4-14(17)15(18)9-13)16(21)19-10-12-5-7-20(8-6-12)25(2,22)23/h3-4,9,11-12H,5-8,10H2,1-2H3,(H,19,21). The van der Waals surface area contributed by atoms with Crippen molar-refractivity contribution in [2.45, 2.75) is 25.9 Å². The van der Waals surface area contributed by atoms with Crippen LogP contribution in [0.5, 0.6) is 5.75 Å². The second-order valence-electron chi connectivity index (χ2n) is 6.19. The summed E-state index contributed by atoms with van der Waals surface area (Å²) in [7, 11) is -3.13. The molecule has 1 amide bonds. The lowest BCUT2D eigenvalue weighted by molar-refractivity contribution is -0.127. The third-order valence-corrected chi connectivity index (χ3v) is 6.22. The number of benzene rings is 1. The Morgan fingerprint density at radius 3 is 2.52 bits per heavy atom. The molecular formula is C16H22Cl2N2O4S. The molecule has 1 N–H and O–H groups in total. The summed E-state index contributed by atoms with van der Waals surface area (Å²) in [6.07, 6.45) is 2.01. The molecule has 0 saturated carbocycles. The number of nitrogens with one attached hydrogen (secondary N) is 1. The number of carbonyl (C=O) groups is 1. The van der Waals surface area contributed by atoms with Gasteiger partial charge in [0.1, 0.15) is 5.75 Å². The van der Waals surface area contributed by atoms with Crippen LogP contribution in [0.3, 0.4) is 0 Å². The fourth-order valence-corrected chi connectivity index (χ4v) is 3.80. The van der Waals surface area contributed by atoms with E-state index in [0.29, 0.717) is 35.4 Å². The molecule has 1 unspecified atom stereocenters. The van der Waals surface area contributed by atoms with E-state index in [9.17, 15) is 13.2 Å². The van der Waals surface area contributed by atoms with Crippen molar-refractivity contribution in [1.29, 1.82) is 0 Å². The molecule has 1 aliphatic heterocycles. The number of halogens is 2. The molecule has 1 aromatic rings. The molecule has 0 aliphatic carbocycles. The summed E-state index contributed by atoms with van der Waals surface area (Å²) in [6, 6.07) is 4.83. The van der Waals surface area contributed by atoms with Gasteiger partial charge in [-0.15, -0.1) is 0 Å². The van der Waals surface area contributed by atoms with Crippen LogP contribution in [0, 0.1) is 5.92 Å². The highest BCUT2D eigenvalue weighted by atomic mass is 35.5. The molecule has 0 spiro atoms. The van der Waals surface area contributed by atoms with Gasteiger partial charge in [-0.25, -0.2) is 12.7 Å². The molecule has 1 aromatic carbocycles. The highest BCUT2D eigenvalue weighted by Gasteiger charge is 2.25. The zero-order chi connectivity index (χ0) is 18.6. The molecule has 1 atom stereocenters. The van der Waals surface area contributed by atoms with E-state index in [1.165, 1.54) is 10.6 Å². The second-order valence-corrected chi connectivity index (χ2v) is 8.98. The van der Waals surface area contributed by atoms with E-state index in [0.717, 1.165) is 12.8 Å². The first-order chi connectivity index (χ1) is 11.7. The number of sulfonamides is 1. The quantitative estimate of drug-likeness (QED) is 0.784. The van der Waals surface area contributed by atoms with Gasteiger partial charge in [0.2, 0.25) is 10.0 Å². The third-order valence-electron chi connectivity index (χ3n) is 4.18. The summed E-state index contributed by atoms with van der Waals surface area (Å²) in [4.78, 5) is 12.2. The molecule has 6 nitrogen and oxygen atoms in total. The molecule has 1 aliphatic rings. The monoisotopic (exact) mass is 408 g/mol. The number of nitrogens with zero attached hydrogens (tertiary/aromatic N) is 1. The summed E-state index contributed by atoms with van der Waals surface area (Å²) in [5, 5.41) is 3.65. The molecule has 140 valence electrons. The van der Waals surface area contributed by atoms with Crippen LogP contribution in [0.15, 0.2) is 18.2 Å². The van der Waals surface area contributed by atoms with Crippen LogP contribution in [-0.2, 0) is 14.8 Å². The third kappa shape index (κ3) is 6.02. The van der Waals surface area contributed by atoms with Crippen LogP contribution in [0.4, 0.5) is 0 Å². The van der Waals surface area contributed by atoms with Gasteiger partial charge in [0.25, 0.3) is 5.91 Å². The lowest BCUT2D eigenvalue weighted by Gasteiger charge is -2.30. The molecule has 25 heavy (non-hydrogen) atoms. The van der Waals surface area contributed by atoms with Gasteiger partial charge in [-0.3, -0.25) is 4.79 Å². The lowest BCUT2D eigenvalue weighted by Crippen LogP contribution is -2.43. The number of hydrogen-bond acceptors (Lipinski definition) is 4. The molecule has 1 heterocycles. The highest BCUT2D eigenvalue weighted by molar-refractivity contribution is 7.88. The van der Waals surface area contributed by atoms with Crippen LogP contribution < -0.4 is 10.1 Å². The van der Waals surface area contributed by atoms with Gasteiger partial charge >= 0.3 is 0 Å². The fraction of sp³-hybridized carbons (Fsp3) is 0.562. The minimum Gasteiger partial charge on any atom is -0.481 e. The lowest BCUT2D eigenvalue weighted by atomic mass is 9.98. The van der Waals surface area contributed by atoms with Crippen LogP contribution in [0.1, 0.15) is 19.8 Å². The van der Waals surface area contributed by atoms with Crippen molar-refractivity contribution in [3.05, 3.63) is 28.2 Å². The average Bonchev–Trinajstić information content (AvgIpc) is 2.55. The molecule has 1 fully saturated rings. The fourth-order valence-electron chi connectivity index (χ4n) is 2.64. The number of hydrogen-bond donors (Lipinski definition) is 1. The average molecular weight is 409 g/mol. The van der Waals surface area contributed by atoms with Gasteiger partial charge in [0.15, 0.2) is 6.10 Å². The van der Waals surface area contributed by atoms with Gasteiger partial charge in [-0.1, -0.05) is 23.2 Å². The van der Waals surface area contributed by atoms with Crippen molar-refractivity contribution in [2.24, 2.45) is 5.92 Å². The van der Waals surface area contributed by atoms with Gasteiger partial charge in [-0.2, -0.15) is 0 Å². The van der Waals surface area contributed by atoms with E-state index >= 15 is 0 Å². The Morgan fingerprint density at radius 1 is 1.32 bits per heavy atom. The van der Waals surface area contributed by atoms with Gasteiger partial charge in [0, 0.05) is 25.7 Å². The van der Waals surface area contributed by atoms with Crippen molar-refractivity contribution in [1.82, 2.24) is 9.62 Å². The predicted octanol–water partition coefficient (Wildman–Crippen LogP) is 2.55. The molecule has 2 rings (SSSR count). The summed E-state index contributed by atoms with van der Waals surface area (Å²) in [5.74, 6) is 0.509. The highest BCUT2D eigenvalue weighted by Crippen LogP contribution is 2.27. The van der Waals surface area contributed by atoms with Crippen LogP contribution in [-0.4, -0.2) is 50.6 Å². The van der Waals surface area contributed by atoms with E-state index < -0.39 is 16.1 Å². The van der Waals surface area contributed by atoms with Crippen LogP contribution in [0.25, 0.3) is 0 Å². The van der Waals surface area contributed by atoms with E-state index in [4.69, 9.17) is 27.9 Å². The Bertz CT molecular complexity index is 719. The maximum absolute atomic E-state index is 12.2. The van der Waals surface area contributed by atoms with Crippen LogP contribution >= 0.6 is 23.2 Å². The van der Waals surface area contributed by atoms with Crippen molar-refractivity contribution in [2.75, 3.05) is 25.9 Å². The minimum atomic E-state index is -3.13. The minimum absolute atomic E-state index is 0.225. The number of amides is 1. The van der Waals surface area contributed by atoms with Gasteiger partial charge in [-0.05, 0) is 37.8 Å². The van der Waals surface area contributed by atoms with Crippen LogP contribution in [0.2, 0.25) is 10.0 Å². The predicted molar refractivity (Wildman–Crippen MR) is 98.7 cm³/mol. The number of rotatable bonds is 6. The summed E-state index contributed by atoms with van der Waals surface area (Å²) in [6.45, 7) is 3.15. The first kappa shape index (κ1) is 20.3. The van der Waals surface area contributed by atoms with Gasteiger partial charge in [0.05, 0.1) is 16.3 Å². The maximum atomic E-state index is 12.2. The Kier molecular flexibility index (Phi) is 6.96. The Balaban J connectivity index is 1.77. The van der Waals surface area contributed by atoms with Crippen molar-refractivity contribution in [3.8, 4) is 5.75 Å². The first-order valence-electron chi connectivity index (χ1n) is 8.01. The normalized spacial score (nSPS) is 17.9. The molecule has 9 heteroatoms. The van der Waals surface area contributed by atoms with Crippen molar-refractivity contribution < 1.29 is 17.9 Å². The largest absolute Gasteiger partial charge is 0.481 e. The second kappa shape index (κ2) is 8.58. The topological polar surface area (TPSA) is 75.7 Å². The Labute approximate surface area is 158 Å². The molecule has 0 aromatic heterocycles. The summed E-state index contributed by atoms with van der Waals surface area (Å²) in [5.41, 5.74) is 0. The molecular weight excluding hydrogens is 387 g/mol. The number of ether oxygens (including phenoxy) is 1. The van der Waals surface area contributed by atoms with Crippen molar-refractivity contribution >= 4 is 39.1 Å².